The number of hydrogen-bond acceptors (Lipinski definition) is 4. The van der Waals surface area contributed by atoms with Crippen LogP contribution in [-0.4, -0.2) is 70.3 Å². The molecule has 2 fully saturated rings. The highest BCUT2D eigenvalue weighted by Gasteiger charge is 2.47. The number of carbonyl (C=O) groups excluding carboxylic acids is 1. The van der Waals surface area contributed by atoms with Crippen LogP contribution in [0.25, 0.3) is 0 Å². The van der Waals surface area contributed by atoms with Crippen molar-refractivity contribution in [2.75, 3.05) is 33.3 Å². The first-order valence-electron chi connectivity index (χ1n) is 7.91. The zero-order valence-electron chi connectivity index (χ0n) is 13.1. The summed E-state index contributed by atoms with van der Waals surface area (Å²) >= 11 is 0. The van der Waals surface area contributed by atoms with Gasteiger partial charge < -0.3 is 14.9 Å². The van der Waals surface area contributed by atoms with Crippen molar-refractivity contribution in [2.45, 2.75) is 31.7 Å². The van der Waals surface area contributed by atoms with Crippen molar-refractivity contribution in [1.29, 1.82) is 0 Å². The number of piperidine rings is 2. The number of hydrogen-bond donors (Lipinski definition) is 2. The second-order valence-electron chi connectivity index (χ2n) is 6.63. The Hall–Kier alpha value is -1.54. The fourth-order valence-electron chi connectivity index (χ4n) is 3.92. The number of amides is 1. The molecule has 0 spiro atoms. The smallest absolute Gasteiger partial charge is 0.279 e. The first-order chi connectivity index (χ1) is 11.0. The minimum Gasteiger partial charge on any atom is -0.396 e. The highest BCUT2D eigenvalue weighted by Crippen LogP contribution is 2.41. The Bertz CT molecular complexity index is 580. The van der Waals surface area contributed by atoms with Gasteiger partial charge in [-0.05, 0) is 38.9 Å². The summed E-state index contributed by atoms with van der Waals surface area (Å²) in [5, 5.41) is 15.8. The number of H-pyrrole nitrogens is 1. The van der Waals surface area contributed by atoms with E-state index in [1.54, 1.807) is 4.90 Å². The fourth-order valence-corrected chi connectivity index (χ4v) is 3.92. The van der Waals surface area contributed by atoms with Crippen LogP contribution in [0.1, 0.15) is 41.9 Å². The lowest BCUT2D eigenvalue weighted by Crippen LogP contribution is -2.62. The van der Waals surface area contributed by atoms with Gasteiger partial charge in [0.15, 0.2) is 5.69 Å². The zero-order valence-corrected chi connectivity index (χ0v) is 13.1. The number of fused-ring (bicyclic) bond motifs is 1. The number of aromatic nitrogens is 2. The standard InChI is InChI=1S/C15H22F2N4O2/c1-20-5-2-3-15(9-22)4-6-21(8-12(15)20)14(23)11-7-10(13(16)17)18-19-11/h7,12-13,22H,2-6,8-9H2,1H3,(H,18,19)/t12-,15-/m1/s1. The summed E-state index contributed by atoms with van der Waals surface area (Å²) in [7, 11) is 2.01. The topological polar surface area (TPSA) is 72.5 Å². The van der Waals surface area contributed by atoms with Crippen molar-refractivity contribution >= 4 is 5.91 Å². The van der Waals surface area contributed by atoms with Crippen LogP contribution in [0.15, 0.2) is 6.07 Å². The van der Waals surface area contributed by atoms with Gasteiger partial charge >= 0.3 is 0 Å². The molecule has 0 unspecified atom stereocenters. The van der Waals surface area contributed by atoms with E-state index in [1.165, 1.54) is 0 Å². The first-order valence-corrected chi connectivity index (χ1v) is 7.91. The minimum absolute atomic E-state index is 0.0234. The molecule has 0 bridgehead atoms. The molecule has 2 saturated heterocycles. The molecule has 3 heterocycles. The summed E-state index contributed by atoms with van der Waals surface area (Å²) in [4.78, 5) is 16.4. The quantitative estimate of drug-likeness (QED) is 0.876. The van der Waals surface area contributed by atoms with Crippen molar-refractivity contribution in [3.8, 4) is 0 Å². The van der Waals surface area contributed by atoms with E-state index in [9.17, 15) is 18.7 Å². The summed E-state index contributed by atoms with van der Waals surface area (Å²) in [6, 6.07) is 1.21. The largest absolute Gasteiger partial charge is 0.396 e. The lowest BCUT2D eigenvalue weighted by atomic mass is 9.69. The SMILES string of the molecule is CN1CCC[C@]2(CO)CCN(C(=O)c3cc(C(F)F)[nH]n3)C[C@@H]12. The molecule has 0 aliphatic carbocycles. The highest BCUT2D eigenvalue weighted by atomic mass is 19.3. The van der Waals surface area contributed by atoms with Gasteiger partial charge in [0.2, 0.25) is 0 Å². The minimum atomic E-state index is -2.67. The summed E-state index contributed by atoms with van der Waals surface area (Å²) in [6.45, 7) is 2.06. The van der Waals surface area contributed by atoms with E-state index in [4.69, 9.17) is 0 Å². The molecule has 2 atom stereocenters. The van der Waals surface area contributed by atoms with Crippen LogP contribution in [0.2, 0.25) is 0 Å². The van der Waals surface area contributed by atoms with E-state index in [2.05, 4.69) is 15.1 Å². The molecule has 128 valence electrons. The Morgan fingerprint density at radius 2 is 2.30 bits per heavy atom. The summed E-state index contributed by atoms with van der Waals surface area (Å²) in [6.07, 6.45) is 0.0462. The molecule has 1 aromatic heterocycles. The van der Waals surface area contributed by atoms with Gasteiger partial charge in [-0.25, -0.2) is 8.78 Å². The predicted molar refractivity (Wildman–Crippen MR) is 79.2 cm³/mol. The molecule has 2 aliphatic heterocycles. The maximum atomic E-state index is 12.6. The number of rotatable bonds is 3. The van der Waals surface area contributed by atoms with Crippen molar-refractivity contribution in [1.82, 2.24) is 20.0 Å². The van der Waals surface area contributed by atoms with Crippen LogP contribution >= 0.6 is 0 Å². The Morgan fingerprint density at radius 3 is 2.96 bits per heavy atom. The number of aliphatic hydroxyl groups is 1. The number of nitrogens with one attached hydrogen (secondary N) is 1. The zero-order chi connectivity index (χ0) is 16.6. The molecule has 1 amide bonds. The van der Waals surface area contributed by atoms with E-state index in [0.717, 1.165) is 31.9 Å². The molecule has 1 aromatic rings. The van der Waals surface area contributed by atoms with Gasteiger partial charge in [-0.15, -0.1) is 0 Å². The molecule has 0 radical (unpaired) electrons. The summed E-state index contributed by atoms with van der Waals surface area (Å²) < 4.78 is 25.2. The number of nitrogens with zero attached hydrogens (tertiary/aromatic N) is 3. The number of carbonyl (C=O) groups is 1. The maximum Gasteiger partial charge on any atom is 0.279 e. The Labute approximate surface area is 133 Å². The maximum absolute atomic E-state index is 12.6. The third kappa shape index (κ3) is 2.85. The van der Waals surface area contributed by atoms with E-state index < -0.39 is 6.43 Å². The van der Waals surface area contributed by atoms with E-state index in [-0.39, 0.29) is 35.4 Å². The van der Waals surface area contributed by atoms with E-state index >= 15 is 0 Å². The van der Waals surface area contributed by atoms with E-state index in [1.807, 2.05) is 7.05 Å². The molecular weight excluding hydrogens is 306 g/mol. The number of halogens is 2. The second-order valence-corrected chi connectivity index (χ2v) is 6.63. The fraction of sp³-hybridized carbons (Fsp3) is 0.733. The molecule has 2 N–H and O–H groups in total. The van der Waals surface area contributed by atoms with Gasteiger partial charge in [0, 0.05) is 24.5 Å². The lowest BCUT2D eigenvalue weighted by molar-refractivity contribution is -0.0602. The van der Waals surface area contributed by atoms with Crippen molar-refractivity contribution in [3.63, 3.8) is 0 Å². The number of alkyl halides is 2. The Morgan fingerprint density at radius 1 is 1.52 bits per heavy atom. The molecule has 0 saturated carbocycles. The third-order valence-electron chi connectivity index (χ3n) is 5.35. The average molecular weight is 328 g/mol. The highest BCUT2D eigenvalue weighted by molar-refractivity contribution is 5.92. The van der Waals surface area contributed by atoms with Gasteiger partial charge in [0.05, 0.1) is 6.61 Å². The second kappa shape index (κ2) is 6.16. The molecule has 23 heavy (non-hydrogen) atoms. The number of aliphatic hydroxyl groups excluding tert-OH is 1. The van der Waals surface area contributed by atoms with Crippen LogP contribution in [0.4, 0.5) is 8.78 Å². The Balaban J connectivity index is 1.76. The number of aromatic amines is 1. The monoisotopic (exact) mass is 328 g/mol. The summed E-state index contributed by atoms with van der Waals surface area (Å²) in [5.74, 6) is -0.335. The normalized spacial score (nSPS) is 28.9. The third-order valence-corrected chi connectivity index (χ3v) is 5.35. The summed E-state index contributed by atoms with van der Waals surface area (Å²) in [5.41, 5.74) is -0.483. The van der Waals surface area contributed by atoms with Gasteiger partial charge in [0.1, 0.15) is 5.69 Å². The van der Waals surface area contributed by atoms with Crippen LogP contribution in [-0.2, 0) is 0 Å². The van der Waals surface area contributed by atoms with Crippen LogP contribution in [0, 0.1) is 5.41 Å². The average Bonchev–Trinajstić information content (AvgIpc) is 3.04. The lowest BCUT2D eigenvalue weighted by Gasteiger charge is -2.53. The van der Waals surface area contributed by atoms with Gasteiger partial charge in [0.25, 0.3) is 12.3 Å². The predicted octanol–water partition coefficient (Wildman–Crippen LogP) is 1.27. The van der Waals surface area contributed by atoms with Gasteiger partial charge in [-0.3, -0.25) is 9.89 Å². The molecular formula is C15H22F2N4O2. The molecule has 8 heteroatoms. The molecule has 2 aliphatic rings. The number of likely N-dealkylation sites (N-methyl/N-ethyl adjacent to an activating group) is 1. The van der Waals surface area contributed by atoms with Crippen molar-refractivity contribution in [2.24, 2.45) is 5.41 Å². The van der Waals surface area contributed by atoms with Crippen molar-refractivity contribution < 1.29 is 18.7 Å². The molecule has 6 nitrogen and oxygen atoms in total. The molecule has 3 rings (SSSR count). The number of likely N-dealkylation sites (tertiary alicyclic amines) is 2. The van der Waals surface area contributed by atoms with Gasteiger partial charge in [-0.1, -0.05) is 0 Å². The van der Waals surface area contributed by atoms with Crippen molar-refractivity contribution in [3.05, 3.63) is 17.5 Å². The Kier molecular flexibility index (Phi) is 4.37. The van der Waals surface area contributed by atoms with E-state index in [0.29, 0.717) is 13.1 Å². The van der Waals surface area contributed by atoms with Gasteiger partial charge in [-0.2, -0.15) is 5.10 Å². The van der Waals surface area contributed by atoms with Crippen LogP contribution in [0.3, 0.4) is 0 Å². The first kappa shape index (κ1) is 16.3. The van der Waals surface area contributed by atoms with Crippen LogP contribution < -0.4 is 0 Å². The van der Waals surface area contributed by atoms with Crippen LogP contribution in [0.5, 0.6) is 0 Å². The molecule has 0 aromatic carbocycles.